The second-order valence-electron chi connectivity index (χ2n) is 9.17. The van der Waals surface area contributed by atoms with Crippen LogP contribution in [0.25, 0.3) is 0 Å². The summed E-state index contributed by atoms with van der Waals surface area (Å²) in [4.78, 5) is 46.7. The van der Waals surface area contributed by atoms with Crippen LogP contribution < -0.4 is 0 Å². The molecule has 0 amide bonds. The van der Waals surface area contributed by atoms with Gasteiger partial charge in [-0.15, -0.1) is 0 Å². The number of ether oxygens (including phenoxy) is 7. The fourth-order valence-corrected chi connectivity index (χ4v) is 2.99. The molecule has 11 heteroatoms. The Kier molecular flexibility index (Phi) is 18.1. The SMILES string of the molecule is C=CC(=O)OCC(COCC(COCCC(C)(C)OCC)(COC(=O)C=C)COC(=O)C=C)COC(=O)C=C. The standard InChI is InChI=1S/C28H42O11/c1-8-23(29)35-16-22(17-36-24(30)9-2)15-34-19-28(20-37-25(31)10-3,21-38-26(32)11-4)18-33-14-13-27(6,7)39-12-5/h8-11,22H,1-4,12-21H2,5-7H3. The van der Waals surface area contributed by atoms with Gasteiger partial charge in [0.25, 0.3) is 0 Å². The molecule has 0 rings (SSSR count). The van der Waals surface area contributed by atoms with Gasteiger partial charge in [-0.05, 0) is 27.2 Å². The second-order valence-corrected chi connectivity index (χ2v) is 9.17. The summed E-state index contributed by atoms with van der Waals surface area (Å²) in [6.07, 6.45) is 4.59. The molecule has 39 heavy (non-hydrogen) atoms. The number of rotatable bonds is 23. The first kappa shape index (κ1) is 35.7. The van der Waals surface area contributed by atoms with Gasteiger partial charge in [-0.25, -0.2) is 19.2 Å². The van der Waals surface area contributed by atoms with Gasteiger partial charge in [0.15, 0.2) is 0 Å². The molecule has 0 unspecified atom stereocenters. The molecular weight excluding hydrogens is 512 g/mol. The van der Waals surface area contributed by atoms with Crippen molar-refractivity contribution in [3.63, 3.8) is 0 Å². The van der Waals surface area contributed by atoms with Gasteiger partial charge in [0.1, 0.15) is 13.2 Å². The summed E-state index contributed by atoms with van der Waals surface area (Å²) >= 11 is 0. The van der Waals surface area contributed by atoms with Gasteiger partial charge in [-0.2, -0.15) is 0 Å². The minimum atomic E-state index is -1.12. The molecule has 0 aromatic heterocycles. The van der Waals surface area contributed by atoms with E-state index in [9.17, 15) is 19.2 Å². The van der Waals surface area contributed by atoms with Crippen LogP contribution in [0, 0.1) is 11.3 Å². The van der Waals surface area contributed by atoms with Crippen molar-refractivity contribution >= 4 is 23.9 Å². The van der Waals surface area contributed by atoms with E-state index in [1.165, 1.54) is 0 Å². The lowest BCUT2D eigenvalue weighted by Gasteiger charge is -2.33. The molecule has 0 aliphatic rings. The van der Waals surface area contributed by atoms with Crippen LogP contribution in [0.1, 0.15) is 27.2 Å². The molecular formula is C28H42O11. The fraction of sp³-hybridized carbons (Fsp3) is 0.571. The summed E-state index contributed by atoms with van der Waals surface area (Å²) in [7, 11) is 0. The zero-order valence-electron chi connectivity index (χ0n) is 23.3. The summed E-state index contributed by atoms with van der Waals surface area (Å²) in [5.74, 6) is -3.22. The van der Waals surface area contributed by atoms with E-state index in [1.54, 1.807) is 0 Å². The Bertz CT molecular complexity index is 783. The summed E-state index contributed by atoms with van der Waals surface area (Å²) in [5.41, 5.74) is -1.54. The van der Waals surface area contributed by atoms with E-state index in [0.717, 1.165) is 24.3 Å². The van der Waals surface area contributed by atoms with Crippen LogP contribution in [0.5, 0.6) is 0 Å². The maximum atomic E-state index is 11.8. The van der Waals surface area contributed by atoms with Crippen molar-refractivity contribution in [2.75, 3.05) is 59.5 Å². The summed E-state index contributed by atoms with van der Waals surface area (Å²) in [6.45, 7) is 19.3. The molecule has 0 atom stereocenters. The van der Waals surface area contributed by atoms with Crippen molar-refractivity contribution in [1.82, 2.24) is 0 Å². The highest BCUT2D eigenvalue weighted by Crippen LogP contribution is 2.23. The average Bonchev–Trinajstić information content (AvgIpc) is 2.92. The zero-order valence-corrected chi connectivity index (χ0v) is 23.3. The first-order chi connectivity index (χ1) is 18.5. The van der Waals surface area contributed by atoms with Crippen LogP contribution in [-0.4, -0.2) is 88.9 Å². The highest BCUT2D eigenvalue weighted by Gasteiger charge is 2.36. The summed E-state index contributed by atoms with van der Waals surface area (Å²) in [6, 6.07) is 0. The third-order valence-electron chi connectivity index (χ3n) is 5.18. The topological polar surface area (TPSA) is 133 Å². The van der Waals surface area contributed by atoms with Gasteiger partial charge in [0.05, 0.1) is 50.0 Å². The molecule has 0 aromatic carbocycles. The zero-order chi connectivity index (χ0) is 29.7. The Morgan fingerprint density at radius 1 is 0.667 bits per heavy atom. The first-order valence-corrected chi connectivity index (χ1v) is 12.4. The number of hydrogen-bond donors (Lipinski definition) is 0. The highest BCUT2D eigenvalue weighted by molar-refractivity contribution is 5.82. The number of carbonyl (C=O) groups is 4. The van der Waals surface area contributed by atoms with E-state index in [2.05, 4.69) is 26.3 Å². The molecule has 0 heterocycles. The van der Waals surface area contributed by atoms with Crippen molar-refractivity contribution in [3.05, 3.63) is 50.6 Å². The monoisotopic (exact) mass is 554 g/mol. The molecule has 0 aliphatic heterocycles. The fourth-order valence-electron chi connectivity index (χ4n) is 2.99. The van der Waals surface area contributed by atoms with Crippen LogP contribution in [0.4, 0.5) is 0 Å². The van der Waals surface area contributed by atoms with Gasteiger partial charge < -0.3 is 33.2 Å². The van der Waals surface area contributed by atoms with Gasteiger partial charge in [-0.3, -0.25) is 0 Å². The molecule has 0 aromatic rings. The van der Waals surface area contributed by atoms with Crippen molar-refractivity contribution in [2.45, 2.75) is 32.8 Å². The van der Waals surface area contributed by atoms with Crippen LogP contribution in [0.3, 0.4) is 0 Å². The lowest BCUT2D eigenvalue weighted by molar-refractivity contribution is -0.158. The minimum Gasteiger partial charge on any atom is -0.462 e. The van der Waals surface area contributed by atoms with Gasteiger partial charge in [0, 0.05) is 37.5 Å². The van der Waals surface area contributed by atoms with E-state index in [-0.39, 0.29) is 46.2 Å². The molecule has 11 nitrogen and oxygen atoms in total. The molecule has 0 spiro atoms. The van der Waals surface area contributed by atoms with Crippen LogP contribution in [0.15, 0.2) is 50.6 Å². The first-order valence-electron chi connectivity index (χ1n) is 12.4. The smallest absolute Gasteiger partial charge is 0.330 e. The minimum absolute atomic E-state index is 0.00832. The van der Waals surface area contributed by atoms with Crippen molar-refractivity contribution in [1.29, 1.82) is 0 Å². The second kappa shape index (κ2) is 19.7. The number of carbonyl (C=O) groups excluding carboxylic acids is 4. The Labute approximate surface area is 230 Å². The van der Waals surface area contributed by atoms with Crippen LogP contribution in [0.2, 0.25) is 0 Å². The van der Waals surface area contributed by atoms with E-state index >= 15 is 0 Å². The number of hydrogen-bond acceptors (Lipinski definition) is 11. The molecule has 0 fully saturated rings. The molecule has 220 valence electrons. The van der Waals surface area contributed by atoms with Gasteiger partial charge >= 0.3 is 23.9 Å². The van der Waals surface area contributed by atoms with Crippen molar-refractivity contribution in [2.24, 2.45) is 11.3 Å². The quantitative estimate of drug-likeness (QED) is 0.0799. The Balaban J connectivity index is 5.62. The lowest BCUT2D eigenvalue weighted by atomic mass is 9.92. The molecule has 0 bridgehead atoms. The van der Waals surface area contributed by atoms with Crippen LogP contribution in [-0.2, 0) is 52.3 Å². The predicted octanol–water partition coefficient (Wildman–Crippen LogP) is 2.74. The van der Waals surface area contributed by atoms with Crippen molar-refractivity contribution in [3.8, 4) is 0 Å². The van der Waals surface area contributed by atoms with Gasteiger partial charge in [-0.1, -0.05) is 26.3 Å². The third kappa shape index (κ3) is 17.0. The normalized spacial score (nSPS) is 11.3. The maximum absolute atomic E-state index is 11.8. The Morgan fingerprint density at radius 3 is 1.54 bits per heavy atom. The van der Waals surface area contributed by atoms with E-state index < -0.39 is 40.8 Å². The molecule has 0 saturated carbocycles. The predicted molar refractivity (Wildman–Crippen MR) is 143 cm³/mol. The average molecular weight is 555 g/mol. The molecule has 0 N–H and O–H groups in total. The number of esters is 4. The summed E-state index contributed by atoms with van der Waals surface area (Å²) < 4.78 is 38.2. The van der Waals surface area contributed by atoms with E-state index in [4.69, 9.17) is 33.2 Å². The molecule has 0 aliphatic carbocycles. The highest BCUT2D eigenvalue weighted by atomic mass is 16.6. The van der Waals surface area contributed by atoms with Gasteiger partial charge in [0.2, 0.25) is 0 Å². The Hall–Kier alpha value is -3.28. The maximum Gasteiger partial charge on any atom is 0.330 e. The molecule has 0 saturated heterocycles. The van der Waals surface area contributed by atoms with E-state index in [1.807, 2.05) is 20.8 Å². The lowest BCUT2D eigenvalue weighted by Crippen LogP contribution is -2.43. The Morgan fingerprint density at radius 2 is 1.10 bits per heavy atom. The third-order valence-corrected chi connectivity index (χ3v) is 5.18. The van der Waals surface area contributed by atoms with Crippen LogP contribution >= 0.6 is 0 Å². The summed E-state index contributed by atoms with van der Waals surface area (Å²) in [5, 5.41) is 0. The van der Waals surface area contributed by atoms with Crippen molar-refractivity contribution < 1.29 is 52.3 Å². The van der Waals surface area contributed by atoms with E-state index in [0.29, 0.717) is 19.6 Å². The largest absolute Gasteiger partial charge is 0.462 e. The molecule has 0 radical (unpaired) electrons.